The number of H-pyrrole nitrogens is 1. The minimum absolute atomic E-state index is 0.213. The Kier molecular flexibility index (Phi) is 4.57. The third-order valence-corrected chi connectivity index (χ3v) is 5.24. The van der Waals surface area contributed by atoms with E-state index in [1.165, 1.54) is 4.90 Å². The Labute approximate surface area is 156 Å². The molecule has 2 aromatic rings. The molecule has 0 saturated carbocycles. The molecule has 8 nitrogen and oxygen atoms in total. The van der Waals surface area contributed by atoms with Gasteiger partial charge in [-0.15, -0.1) is 0 Å². The summed E-state index contributed by atoms with van der Waals surface area (Å²) < 4.78 is 5.39. The van der Waals surface area contributed by atoms with Crippen LogP contribution < -0.4 is 4.90 Å². The van der Waals surface area contributed by atoms with Crippen LogP contribution in [0, 0.1) is 6.92 Å². The first-order valence-corrected chi connectivity index (χ1v) is 9.03. The summed E-state index contributed by atoms with van der Waals surface area (Å²) in [5.74, 6) is -1.29. The number of carboxylic acid groups (broad SMARTS) is 1. The van der Waals surface area contributed by atoms with E-state index in [0.29, 0.717) is 24.5 Å². The molecule has 2 N–H and O–H groups in total. The van der Waals surface area contributed by atoms with Gasteiger partial charge in [-0.25, -0.2) is 9.78 Å². The highest BCUT2D eigenvalue weighted by atomic mass is 16.5. The zero-order valence-electron chi connectivity index (χ0n) is 15.1. The molecule has 0 bridgehead atoms. The molecule has 142 valence electrons. The van der Waals surface area contributed by atoms with Crippen molar-refractivity contribution >= 4 is 17.6 Å². The van der Waals surface area contributed by atoms with Crippen molar-refractivity contribution in [3.8, 4) is 0 Å². The molecular weight excluding hydrogens is 348 g/mol. The fourth-order valence-corrected chi connectivity index (χ4v) is 3.78. The van der Waals surface area contributed by atoms with E-state index in [0.717, 1.165) is 30.0 Å². The van der Waals surface area contributed by atoms with Crippen LogP contribution in [-0.4, -0.2) is 64.2 Å². The summed E-state index contributed by atoms with van der Waals surface area (Å²) >= 11 is 0. The number of aromatic nitrogens is 2. The lowest BCUT2D eigenvalue weighted by molar-refractivity contribution is -0.142. The minimum atomic E-state index is -1.02. The zero-order chi connectivity index (χ0) is 19.0. The average Bonchev–Trinajstić information content (AvgIpc) is 3.14. The van der Waals surface area contributed by atoms with Crippen LogP contribution in [0.4, 0.5) is 5.69 Å². The Morgan fingerprint density at radius 2 is 2.07 bits per heavy atom. The zero-order valence-corrected chi connectivity index (χ0v) is 15.1. The number of nitrogens with zero attached hydrogens (tertiary/aromatic N) is 3. The number of aliphatic carboxylic acids is 1. The van der Waals surface area contributed by atoms with E-state index in [9.17, 15) is 14.7 Å². The number of carbonyl (C=O) groups is 2. The Balaban J connectivity index is 1.60. The number of carboxylic acids is 1. The largest absolute Gasteiger partial charge is 0.480 e. The third-order valence-electron chi connectivity index (χ3n) is 5.24. The van der Waals surface area contributed by atoms with E-state index in [4.69, 9.17) is 4.74 Å². The fraction of sp³-hybridized carbons (Fsp3) is 0.421. The number of aromatic amines is 1. The summed E-state index contributed by atoms with van der Waals surface area (Å²) in [6.07, 6.45) is 1.75. The molecule has 27 heavy (non-hydrogen) atoms. The van der Waals surface area contributed by atoms with Gasteiger partial charge in [0.1, 0.15) is 6.04 Å². The normalized spacial score (nSPS) is 19.7. The average molecular weight is 370 g/mol. The number of amides is 1. The molecule has 1 unspecified atom stereocenters. The van der Waals surface area contributed by atoms with E-state index in [2.05, 4.69) is 14.9 Å². The Hall–Kier alpha value is -2.87. The summed E-state index contributed by atoms with van der Waals surface area (Å²) in [5.41, 5.74) is 4.08. The lowest BCUT2D eigenvalue weighted by Crippen LogP contribution is -2.48. The lowest BCUT2D eigenvalue weighted by atomic mass is 10.0. The van der Waals surface area contributed by atoms with E-state index in [1.807, 2.05) is 19.1 Å². The van der Waals surface area contributed by atoms with Gasteiger partial charge >= 0.3 is 5.97 Å². The first kappa shape index (κ1) is 17.5. The van der Waals surface area contributed by atoms with Crippen LogP contribution in [0.3, 0.4) is 0 Å². The topological polar surface area (TPSA) is 98.8 Å². The fourth-order valence-electron chi connectivity index (χ4n) is 3.78. The number of carbonyl (C=O) groups excluding carboxylic acids is 1. The van der Waals surface area contributed by atoms with Crippen LogP contribution in [-0.2, 0) is 22.5 Å². The maximum Gasteiger partial charge on any atom is 0.326 e. The lowest BCUT2D eigenvalue weighted by Gasteiger charge is -2.33. The van der Waals surface area contributed by atoms with Crippen molar-refractivity contribution in [2.75, 3.05) is 31.2 Å². The van der Waals surface area contributed by atoms with Crippen molar-refractivity contribution in [2.45, 2.75) is 25.9 Å². The molecule has 8 heteroatoms. The predicted molar refractivity (Wildman–Crippen MR) is 97.8 cm³/mol. The van der Waals surface area contributed by atoms with Gasteiger partial charge in [0.15, 0.2) is 0 Å². The summed E-state index contributed by atoms with van der Waals surface area (Å²) in [7, 11) is 0. The van der Waals surface area contributed by atoms with Crippen LogP contribution in [0.2, 0.25) is 0 Å². The summed E-state index contributed by atoms with van der Waals surface area (Å²) in [6, 6.07) is 4.65. The monoisotopic (exact) mass is 370 g/mol. The molecule has 1 aromatic heterocycles. The molecule has 1 aromatic carbocycles. The van der Waals surface area contributed by atoms with Gasteiger partial charge in [-0.05, 0) is 30.7 Å². The maximum absolute atomic E-state index is 13.1. The minimum Gasteiger partial charge on any atom is -0.480 e. The van der Waals surface area contributed by atoms with Crippen LogP contribution in [0.1, 0.15) is 27.3 Å². The van der Waals surface area contributed by atoms with Gasteiger partial charge in [-0.1, -0.05) is 0 Å². The molecule has 1 saturated heterocycles. The van der Waals surface area contributed by atoms with Crippen LogP contribution in [0.5, 0.6) is 0 Å². The van der Waals surface area contributed by atoms with Crippen molar-refractivity contribution in [3.63, 3.8) is 0 Å². The van der Waals surface area contributed by atoms with E-state index in [1.54, 1.807) is 12.4 Å². The molecule has 1 atom stereocenters. The Bertz CT molecular complexity index is 872. The molecule has 0 spiro atoms. The molecule has 2 aliphatic rings. The Morgan fingerprint density at radius 1 is 1.30 bits per heavy atom. The van der Waals surface area contributed by atoms with Crippen molar-refractivity contribution in [2.24, 2.45) is 0 Å². The third kappa shape index (κ3) is 3.28. The van der Waals surface area contributed by atoms with Gasteiger partial charge in [0.05, 0.1) is 37.5 Å². The van der Waals surface area contributed by atoms with Gasteiger partial charge in [0.2, 0.25) is 0 Å². The second-order valence-corrected chi connectivity index (χ2v) is 6.92. The van der Waals surface area contributed by atoms with Crippen LogP contribution in [0.25, 0.3) is 0 Å². The summed E-state index contributed by atoms with van der Waals surface area (Å²) in [6.45, 7) is 5.23. The van der Waals surface area contributed by atoms with E-state index < -0.39 is 12.0 Å². The number of anilines is 1. The number of nitrogens with one attached hydrogen (secondary N) is 1. The first-order valence-electron chi connectivity index (χ1n) is 9.03. The molecule has 0 aliphatic carbocycles. The van der Waals surface area contributed by atoms with Crippen LogP contribution in [0.15, 0.2) is 24.5 Å². The number of fused-ring (bicyclic) bond motifs is 1. The van der Waals surface area contributed by atoms with Gasteiger partial charge in [0, 0.05) is 30.8 Å². The van der Waals surface area contributed by atoms with E-state index >= 15 is 0 Å². The number of rotatable bonds is 3. The number of ether oxygens (including phenoxy) is 1. The van der Waals surface area contributed by atoms with Gasteiger partial charge < -0.3 is 24.6 Å². The van der Waals surface area contributed by atoms with Gasteiger partial charge in [-0.3, -0.25) is 4.79 Å². The second kappa shape index (κ2) is 7.03. The summed E-state index contributed by atoms with van der Waals surface area (Å²) in [4.78, 5) is 35.6. The number of hydrogen-bond donors (Lipinski definition) is 2. The van der Waals surface area contributed by atoms with Crippen molar-refractivity contribution in [1.82, 2.24) is 14.9 Å². The van der Waals surface area contributed by atoms with Gasteiger partial charge in [-0.2, -0.15) is 0 Å². The van der Waals surface area contributed by atoms with Gasteiger partial charge in [0.25, 0.3) is 5.91 Å². The highest BCUT2D eigenvalue weighted by molar-refractivity contribution is 5.97. The van der Waals surface area contributed by atoms with Crippen LogP contribution >= 0.6 is 0 Å². The van der Waals surface area contributed by atoms with E-state index in [-0.39, 0.29) is 18.9 Å². The predicted octanol–water partition coefficient (Wildman–Crippen LogP) is 1.21. The molecule has 0 radical (unpaired) electrons. The van der Waals surface area contributed by atoms with Crippen molar-refractivity contribution in [1.29, 1.82) is 0 Å². The molecular formula is C19H22N4O4. The molecule has 1 fully saturated rings. The smallest absolute Gasteiger partial charge is 0.326 e. The number of benzene rings is 1. The molecule has 2 aliphatic heterocycles. The quantitative estimate of drug-likeness (QED) is 0.843. The molecule has 3 heterocycles. The number of morpholine rings is 1. The number of aryl methyl sites for hydroxylation is 1. The van der Waals surface area contributed by atoms with Crippen molar-refractivity contribution in [3.05, 3.63) is 47.0 Å². The number of imidazole rings is 1. The SMILES string of the molecule is Cc1cc(C(=O)N2Cc3[nH]cnc3CC2C(=O)O)ccc1N1CCOCC1. The highest BCUT2D eigenvalue weighted by Crippen LogP contribution is 2.26. The highest BCUT2D eigenvalue weighted by Gasteiger charge is 2.36. The standard InChI is InChI=1S/C19H22N4O4/c1-12-8-13(2-3-16(12)22-4-6-27-7-5-22)18(24)23-10-15-14(20-11-21-15)9-17(23)19(25)26/h2-3,8,11,17H,4-7,9-10H2,1H3,(H,20,21)(H,25,26). The Morgan fingerprint density at radius 3 is 2.78 bits per heavy atom. The van der Waals surface area contributed by atoms with Crippen molar-refractivity contribution < 1.29 is 19.4 Å². The molecule has 4 rings (SSSR count). The maximum atomic E-state index is 13.1. The first-order chi connectivity index (χ1) is 13.0. The number of hydrogen-bond acceptors (Lipinski definition) is 5. The second-order valence-electron chi connectivity index (χ2n) is 6.92. The molecule has 1 amide bonds. The summed E-state index contributed by atoms with van der Waals surface area (Å²) in [5, 5.41) is 9.59.